The van der Waals surface area contributed by atoms with Crippen molar-refractivity contribution in [2.24, 2.45) is 5.73 Å². The van der Waals surface area contributed by atoms with Gasteiger partial charge in [-0.05, 0) is 36.4 Å². The molecule has 0 radical (unpaired) electrons. The molecule has 0 aromatic heterocycles. The smallest absolute Gasteiger partial charge is 0.128 e. The van der Waals surface area contributed by atoms with Gasteiger partial charge in [-0.25, -0.2) is 13.2 Å². The van der Waals surface area contributed by atoms with E-state index in [4.69, 9.17) is 5.73 Å². The van der Waals surface area contributed by atoms with Gasteiger partial charge < -0.3 is 5.73 Å². The van der Waals surface area contributed by atoms with Crippen LogP contribution < -0.4 is 5.73 Å². The van der Waals surface area contributed by atoms with E-state index < -0.39 is 23.5 Å². The van der Waals surface area contributed by atoms with Crippen LogP contribution in [-0.4, -0.2) is 0 Å². The lowest BCUT2D eigenvalue weighted by molar-refractivity contribution is 0.562. The van der Waals surface area contributed by atoms with Crippen molar-refractivity contribution in [3.05, 3.63) is 69.4 Å². The Labute approximate surface area is 111 Å². The van der Waals surface area contributed by atoms with Crippen LogP contribution in [0, 0.1) is 17.5 Å². The van der Waals surface area contributed by atoms with Crippen molar-refractivity contribution < 1.29 is 13.2 Å². The number of nitrogens with two attached hydrogens (primary N) is 1. The van der Waals surface area contributed by atoms with Gasteiger partial charge >= 0.3 is 0 Å². The molecule has 1 atom stereocenters. The first-order chi connectivity index (χ1) is 8.49. The third kappa shape index (κ3) is 2.57. The average molecular weight is 316 g/mol. The van der Waals surface area contributed by atoms with E-state index in [1.807, 2.05) is 0 Å². The summed E-state index contributed by atoms with van der Waals surface area (Å²) in [7, 11) is 0. The van der Waals surface area contributed by atoms with E-state index in [2.05, 4.69) is 15.9 Å². The molecule has 0 saturated heterocycles. The first-order valence-corrected chi connectivity index (χ1v) is 5.94. The number of halogens is 4. The van der Waals surface area contributed by atoms with Gasteiger partial charge in [-0.3, -0.25) is 0 Å². The van der Waals surface area contributed by atoms with Crippen molar-refractivity contribution >= 4 is 15.9 Å². The van der Waals surface area contributed by atoms with Crippen molar-refractivity contribution in [1.29, 1.82) is 0 Å². The Kier molecular flexibility index (Phi) is 3.73. The van der Waals surface area contributed by atoms with Crippen LogP contribution in [0.5, 0.6) is 0 Å². The summed E-state index contributed by atoms with van der Waals surface area (Å²) in [6.45, 7) is 0. The Hall–Kier alpha value is -1.33. The Morgan fingerprint density at radius 3 is 2.11 bits per heavy atom. The van der Waals surface area contributed by atoms with Crippen LogP contribution in [0.3, 0.4) is 0 Å². The van der Waals surface area contributed by atoms with Crippen molar-refractivity contribution in [3.8, 4) is 0 Å². The second-order valence-corrected chi connectivity index (χ2v) is 4.73. The quantitative estimate of drug-likeness (QED) is 0.893. The highest BCUT2D eigenvalue weighted by atomic mass is 79.9. The third-order valence-electron chi connectivity index (χ3n) is 2.59. The van der Waals surface area contributed by atoms with Gasteiger partial charge in [-0.2, -0.15) is 0 Å². The van der Waals surface area contributed by atoms with Gasteiger partial charge in [0.15, 0.2) is 0 Å². The number of rotatable bonds is 2. The number of hydrogen-bond acceptors (Lipinski definition) is 1. The molecule has 2 rings (SSSR count). The minimum absolute atomic E-state index is 0.0769. The summed E-state index contributed by atoms with van der Waals surface area (Å²) in [6.07, 6.45) is 0. The van der Waals surface area contributed by atoms with Crippen molar-refractivity contribution in [2.75, 3.05) is 0 Å². The van der Waals surface area contributed by atoms with Crippen LogP contribution in [0.15, 0.2) is 40.9 Å². The molecule has 0 spiro atoms. The first-order valence-electron chi connectivity index (χ1n) is 5.14. The number of benzene rings is 2. The lowest BCUT2D eigenvalue weighted by Gasteiger charge is -2.14. The maximum atomic E-state index is 13.6. The SMILES string of the molecule is NC(c1cc(F)ccc1F)c1cc(Br)ccc1F. The molecule has 0 bridgehead atoms. The molecule has 18 heavy (non-hydrogen) atoms. The molecule has 2 aromatic rings. The normalized spacial score (nSPS) is 12.5. The maximum Gasteiger partial charge on any atom is 0.128 e. The highest BCUT2D eigenvalue weighted by Gasteiger charge is 2.18. The molecular formula is C13H9BrF3N. The highest BCUT2D eigenvalue weighted by molar-refractivity contribution is 9.10. The van der Waals surface area contributed by atoms with Crippen LogP contribution in [0.1, 0.15) is 17.2 Å². The summed E-state index contributed by atoms with van der Waals surface area (Å²) < 4.78 is 40.9. The van der Waals surface area contributed by atoms with Crippen LogP contribution in [0.4, 0.5) is 13.2 Å². The van der Waals surface area contributed by atoms with Gasteiger partial charge in [-0.15, -0.1) is 0 Å². The molecule has 0 aliphatic heterocycles. The molecule has 5 heteroatoms. The monoisotopic (exact) mass is 315 g/mol. The molecule has 2 aromatic carbocycles. The van der Waals surface area contributed by atoms with Gasteiger partial charge in [0.1, 0.15) is 17.5 Å². The van der Waals surface area contributed by atoms with E-state index in [1.54, 1.807) is 0 Å². The van der Waals surface area contributed by atoms with Gasteiger partial charge in [0, 0.05) is 15.6 Å². The fourth-order valence-corrected chi connectivity index (χ4v) is 2.05. The molecule has 94 valence electrons. The second kappa shape index (κ2) is 5.12. The minimum atomic E-state index is -1.06. The average Bonchev–Trinajstić information content (AvgIpc) is 2.34. The molecule has 0 heterocycles. The topological polar surface area (TPSA) is 26.0 Å². The summed E-state index contributed by atoms with van der Waals surface area (Å²) >= 11 is 3.18. The molecule has 1 unspecified atom stereocenters. The largest absolute Gasteiger partial charge is 0.320 e. The molecule has 0 fully saturated rings. The standard InChI is InChI=1S/C13H9BrF3N/c14-7-1-3-11(16)9(5-7)13(18)10-6-8(15)2-4-12(10)17/h1-6,13H,18H2. The lowest BCUT2D eigenvalue weighted by Crippen LogP contribution is -2.15. The summed E-state index contributed by atoms with van der Waals surface area (Å²) in [6, 6.07) is 6.05. The van der Waals surface area contributed by atoms with Crippen LogP contribution >= 0.6 is 15.9 Å². The molecule has 1 nitrogen and oxygen atoms in total. The van der Waals surface area contributed by atoms with E-state index in [9.17, 15) is 13.2 Å². The van der Waals surface area contributed by atoms with E-state index in [0.717, 1.165) is 18.2 Å². The predicted molar refractivity (Wildman–Crippen MR) is 66.5 cm³/mol. The fraction of sp³-hybridized carbons (Fsp3) is 0.0769. The first kappa shape index (κ1) is 13.1. The predicted octanol–water partition coefficient (Wildman–Crippen LogP) is 3.91. The van der Waals surface area contributed by atoms with Crippen molar-refractivity contribution in [3.63, 3.8) is 0 Å². The number of hydrogen-bond donors (Lipinski definition) is 1. The van der Waals surface area contributed by atoms with Crippen LogP contribution in [0.25, 0.3) is 0 Å². The maximum absolute atomic E-state index is 13.6. The van der Waals surface area contributed by atoms with Crippen molar-refractivity contribution in [2.45, 2.75) is 6.04 Å². The third-order valence-corrected chi connectivity index (χ3v) is 3.08. The summed E-state index contributed by atoms with van der Waals surface area (Å²) in [5.41, 5.74) is 5.82. The minimum Gasteiger partial charge on any atom is -0.320 e. The van der Waals surface area contributed by atoms with Crippen LogP contribution in [-0.2, 0) is 0 Å². The van der Waals surface area contributed by atoms with E-state index >= 15 is 0 Å². The molecule has 0 aliphatic rings. The Morgan fingerprint density at radius 2 is 1.44 bits per heavy atom. The van der Waals surface area contributed by atoms with E-state index in [-0.39, 0.29) is 11.1 Å². The molecule has 2 N–H and O–H groups in total. The van der Waals surface area contributed by atoms with Crippen molar-refractivity contribution in [1.82, 2.24) is 0 Å². The Bertz CT molecular complexity index is 535. The highest BCUT2D eigenvalue weighted by Crippen LogP contribution is 2.27. The molecule has 0 amide bonds. The van der Waals surface area contributed by atoms with E-state index in [1.165, 1.54) is 18.2 Å². The zero-order valence-electron chi connectivity index (χ0n) is 9.13. The molecular weight excluding hydrogens is 307 g/mol. The summed E-state index contributed by atoms with van der Waals surface area (Å²) in [5.74, 6) is -1.84. The van der Waals surface area contributed by atoms with Crippen LogP contribution in [0.2, 0.25) is 0 Å². The van der Waals surface area contributed by atoms with Gasteiger partial charge in [-0.1, -0.05) is 15.9 Å². The van der Waals surface area contributed by atoms with E-state index in [0.29, 0.717) is 4.47 Å². The summed E-state index contributed by atoms with van der Waals surface area (Å²) in [4.78, 5) is 0. The molecule has 0 saturated carbocycles. The van der Waals surface area contributed by atoms with Gasteiger partial charge in [0.05, 0.1) is 6.04 Å². The Balaban J connectivity index is 2.50. The fourth-order valence-electron chi connectivity index (χ4n) is 1.67. The second-order valence-electron chi connectivity index (χ2n) is 3.81. The Morgan fingerprint density at radius 1 is 0.889 bits per heavy atom. The molecule has 0 aliphatic carbocycles. The zero-order valence-corrected chi connectivity index (χ0v) is 10.7. The van der Waals surface area contributed by atoms with Gasteiger partial charge in [0.25, 0.3) is 0 Å². The summed E-state index contributed by atoms with van der Waals surface area (Å²) in [5, 5.41) is 0. The zero-order chi connectivity index (χ0) is 13.3. The lowest BCUT2D eigenvalue weighted by atomic mass is 9.98. The van der Waals surface area contributed by atoms with Gasteiger partial charge in [0.2, 0.25) is 0 Å².